The van der Waals surface area contributed by atoms with Crippen LogP contribution in [0.1, 0.15) is 61.4 Å². The smallest absolute Gasteiger partial charge is 0.0524 e. The van der Waals surface area contributed by atoms with Crippen LogP contribution < -0.4 is 0 Å². The molecule has 1 aliphatic heterocycles. The number of pyridine rings is 1. The molecule has 166 valence electrons. The molecule has 0 spiro atoms. The highest BCUT2D eigenvalue weighted by Gasteiger charge is 2.35. The number of aromatic nitrogens is 2. The van der Waals surface area contributed by atoms with Gasteiger partial charge in [0.25, 0.3) is 0 Å². The van der Waals surface area contributed by atoms with E-state index in [1.807, 2.05) is 18.3 Å². The second kappa shape index (κ2) is 9.08. The SMILES string of the molecule is Cl.Clc1ccccc1CCCC1CCC2C(C=CC3=CCCc4c3n2c2ccncc42)C1. The minimum absolute atomic E-state index is 0. The van der Waals surface area contributed by atoms with E-state index in [4.69, 9.17) is 11.6 Å². The van der Waals surface area contributed by atoms with E-state index < -0.39 is 0 Å². The van der Waals surface area contributed by atoms with Gasteiger partial charge >= 0.3 is 0 Å². The Morgan fingerprint density at radius 1 is 1.12 bits per heavy atom. The number of hydrogen-bond donors (Lipinski definition) is 0. The fourth-order valence-electron chi connectivity index (χ4n) is 6.33. The van der Waals surface area contributed by atoms with Crippen molar-refractivity contribution in [2.45, 2.75) is 57.4 Å². The van der Waals surface area contributed by atoms with Crippen LogP contribution >= 0.6 is 24.0 Å². The van der Waals surface area contributed by atoms with Crippen molar-refractivity contribution in [1.29, 1.82) is 0 Å². The van der Waals surface area contributed by atoms with Crippen LogP contribution in [-0.4, -0.2) is 9.55 Å². The van der Waals surface area contributed by atoms with Crippen LogP contribution in [0.4, 0.5) is 0 Å². The molecule has 0 amide bonds. The summed E-state index contributed by atoms with van der Waals surface area (Å²) in [7, 11) is 0. The Labute approximate surface area is 201 Å². The number of rotatable bonds is 4. The third-order valence-corrected chi connectivity index (χ3v) is 8.15. The molecule has 0 saturated heterocycles. The van der Waals surface area contributed by atoms with Crippen molar-refractivity contribution in [2.24, 2.45) is 11.8 Å². The highest BCUT2D eigenvalue weighted by atomic mass is 35.5. The van der Waals surface area contributed by atoms with Crippen molar-refractivity contribution < 1.29 is 0 Å². The van der Waals surface area contributed by atoms with Crippen LogP contribution in [0.3, 0.4) is 0 Å². The first kappa shape index (κ1) is 21.8. The lowest BCUT2D eigenvalue weighted by molar-refractivity contribution is 0.212. The second-order valence-corrected chi connectivity index (χ2v) is 9.95. The lowest BCUT2D eigenvalue weighted by Gasteiger charge is -2.36. The zero-order valence-electron chi connectivity index (χ0n) is 18.3. The third kappa shape index (κ3) is 3.72. The van der Waals surface area contributed by atoms with Crippen LogP contribution in [0.15, 0.2) is 61.0 Å². The lowest BCUT2D eigenvalue weighted by Crippen LogP contribution is -2.26. The fraction of sp³-hybridized carbons (Fsp3) is 0.393. The lowest BCUT2D eigenvalue weighted by atomic mass is 9.76. The molecule has 6 rings (SSSR count). The van der Waals surface area contributed by atoms with Gasteiger partial charge in [0.15, 0.2) is 0 Å². The van der Waals surface area contributed by atoms with Gasteiger partial charge in [0.05, 0.1) is 11.2 Å². The van der Waals surface area contributed by atoms with Crippen LogP contribution in [-0.2, 0) is 12.8 Å². The average Bonchev–Trinajstić information content (AvgIpc) is 3.04. The Balaban J connectivity index is 0.00000216. The van der Waals surface area contributed by atoms with Crippen molar-refractivity contribution in [3.05, 3.63) is 82.8 Å². The topological polar surface area (TPSA) is 17.8 Å². The predicted molar refractivity (Wildman–Crippen MR) is 137 cm³/mol. The van der Waals surface area contributed by atoms with E-state index in [1.165, 1.54) is 65.4 Å². The highest BCUT2D eigenvalue weighted by molar-refractivity contribution is 6.31. The molecule has 3 heterocycles. The van der Waals surface area contributed by atoms with Gasteiger partial charge in [0, 0.05) is 28.8 Å². The molecule has 2 nitrogen and oxygen atoms in total. The first-order valence-electron chi connectivity index (χ1n) is 11.9. The maximum atomic E-state index is 6.36. The quantitative estimate of drug-likeness (QED) is 0.382. The molecule has 3 unspecified atom stereocenters. The summed E-state index contributed by atoms with van der Waals surface area (Å²) in [5.74, 6) is 1.44. The van der Waals surface area contributed by atoms with Crippen LogP contribution in [0, 0.1) is 11.8 Å². The van der Waals surface area contributed by atoms with Gasteiger partial charge in [-0.2, -0.15) is 0 Å². The molecular formula is C28H30Cl2N2. The Kier molecular flexibility index (Phi) is 6.18. The van der Waals surface area contributed by atoms with Crippen molar-refractivity contribution in [3.8, 4) is 0 Å². The molecule has 3 aromatic rings. The van der Waals surface area contributed by atoms with E-state index >= 15 is 0 Å². The zero-order valence-corrected chi connectivity index (χ0v) is 19.9. The summed E-state index contributed by atoms with van der Waals surface area (Å²) < 4.78 is 2.70. The molecule has 0 radical (unpaired) electrons. The number of halogens is 2. The Bertz CT molecular complexity index is 1190. The first-order chi connectivity index (χ1) is 15.3. The molecule has 0 bridgehead atoms. The summed E-state index contributed by atoms with van der Waals surface area (Å²) in [5, 5.41) is 2.29. The number of nitrogens with zero attached hydrogens (tertiary/aromatic N) is 2. The third-order valence-electron chi connectivity index (χ3n) is 7.78. The molecule has 1 saturated carbocycles. The van der Waals surface area contributed by atoms with Gasteiger partial charge in [0.1, 0.15) is 0 Å². The van der Waals surface area contributed by atoms with E-state index in [0.717, 1.165) is 30.2 Å². The predicted octanol–water partition coefficient (Wildman–Crippen LogP) is 7.99. The van der Waals surface area contributed by atoms with Gasteiger partial charge < -0.3 is 4.57 Å². The standard InChI is InChI=1S/C28H29ClN2.ClH/c29-25-10-2-1-6-20(25)7-3-5-19-11-14-26-22(17-19)13-12-21-8-4-9-23-24-18-30-16-15-27(24)31(26)28(21)23;/h1-2,6,8,10,12-13,15-16,18-19,22,26H,3-5,7,9,11,14,17H2;1H. The monoisotopic (exact) mass is 464 g/mol. The van der Waals surface area contributed by atoms with E-state index in [2.05, 4.69) is 52.2 Å². The molecule has 0 N–H and O–H groups in total. The minimum atomic E-state index is 0. The number of fused-ring (bicyclic) bond motifs is 5. The molecule has 1 fully saturated rings. The number of allylic oxidation sites excluding steroid dienone is 4. The van der Waals surface area contributed by atoms with Gasteiger partial charge in [-0.25, -0.2) is 0 Å². The van der Waals surface area contributed by atoms with Crippen molar-refractivity contribution >= 4 is 40.5 Å². The summed E-state index contributed by atoms with van der Waals surface area (Å²) in [4.78, 5) is 4.46. The molecule has 32 heavy (non-hydrogen) atoms. The summed E-state index contributed by atoms with van der Waals surface area (Å²) in [6.45, 7) is 0. The molecule has 4 heteroatoms. The Morgan fingerprint density at radius 2 is 2.03 bits per heavy atom. The maximum absolute atomic E-state index is 6.36. The van der Waals surface area contributed by atoms with Gasteiger partial charge in [0.2, 0.25) is 0 Å². The van der Waals surface area contributed by atoms with Crippen LogP contribution in [0.2, 0.25) is 5.02 Å². The van der Waals surface area contributed by atoms with E-state index in [9.17, 15) is 0 Å². The van der Waals surface area contributed by atoms with Crippen LogP contribution in [0.5, 0.6) is 0 Å². The van der Waals surface area contributed by atoms with Gasteiger partial charge in [-0.05, 0) is 85.6 Å². The van der Waals surface area contributed by atoms with Gasteiger partial charge in [-0.3, -0.25) is 4.98 Å². The van der Waals surface area contributed by atoms with Gasteiger partial charge in [-0.1, -0.05) is 54.4 Å². The second-order valence-electron chi connectivity index (χ2n) is 9.54. The van der Waals surface area contributed by atoms with Crippen LogP contribution in [0.25, 0.3) is 16.5 Å². The number of aryl methyl sites for hydroxylation is 2. The highest BCUT2D eigenvalue weighted by Crippen LogP contribution is 2.48. The summed E-state index contributed by atoms with van der Waals surface area (Å²) in [6, 6.07) is 11.1. The summed E-state index contributed by atoms with van der Waals surface area (Å²) in [6.07, 6.45) is 21.3. The van der Waals surface area contributed by atoms with Crippen molar-refractivity contribution in [2.75, 3.05) is 0 Å². The first-order valence-corrected chi connectivity index (χ1v) is 12.3. The van der Waals surface area contributed by atoms with Crippen molar-refractivity contribution in [3.63, 3.8) is 0 Å². The number of hydrogen-bond acceptors (Lipinski definition) is 1. The largest absolute Gasteiger partial charge is 0.336 e. The maximum Gasteiger partial charge on any atom is 0.0524 e. The van der Waals surface area contributed by atoms with E-state index in [0.29, 0.717) is 12.0 Å². The van der Waals surface area contributed by atoms with E-state index in [1.54, 1.807) is 0 Å². The Morgan fingerprint density at radius 3 is 2.94 bits per heavy atom. The van der Waals surface area contributed by atoms with E-state index in [-0.39, 0.29) is 12.4 Å². The summed E-state index contributed by atoms with van der Waals surface area (Å²) >= 11 is 6.36. The van der Waals surface area contributed by atoms with Crippen molar-refractivity contribution in [1.82, 2.24) is 9.55 Å². The molecule has 1 aromatic carbocycles. The molecule has 2 aromatic heterocycles. The van der Waals surface area contributed by atoms with Gasteiger partial charge in [-0.15, -0.1) is 12.4 Å². The molecule has 3 aliphatic rings. The summed E-state index contributed by atoms with van der Waals surface area (Å²) in [5.41, 5.74) is 7.12. The fourth-order valence-corrected chi connectivity index (χ4v) is 6.56. The zero-order chi connectivity index (χ0) is 20.8. The molecule has 3 atom stereocenters. The average molecular weight is 465 g/mol. The molecule has 2 aliphatic carbocycles. The minimum Gasteiger partial charge on any atom is -0.336 e. The normalized spacial score (nSPS) is 23.7. The number of benzene rings is 1. The Hall–Kier alpha value is -2.03. The molecular weight excluding hydrogens is 435 g/mol.